The van der Waals surface area contributed by atoms with Gasteiger partial charge < -0.3 is 10.2 Å². The number of carboxylic acids is 2. The van der Waals surface area contributed by atoms with Crippen LogP contribution in [0.1, 0.15) is 79.1 Å². The zero-order valence-electron chi connectivity index (χ0n) is 14.2. The summed E-state index contributed by atoms with van der Waals surface area (Å²) >= 11 is 0. The number of carbonyl (C=O) groups is 2. The second-order valence-electron chi connectivity index (χ2n) is 5.17. The molecule has 2 N–H and O–H groups in total. The maximum Gasteiger partial charge on any atom is 0.306 e. The molecule has 0 saturated heterocycles. The van der Waals surface area contributed by atoms with Crippen molar-refractivity contribution < 1.29 is 39.3 Å². The minimum atomic E-state index is -0.643. The quantitative estimate of drug-likeness (QED) is 0.564. The Bertz CT molecular complexity index is 231. The molecule has 122 valence electrons. The summed E-state index contributed by atoms with van der Waals surface area (Å²) in [5.74, 6) is -1.51. The topological polar surface area (TPSA) is 74.6 Å². The van der Waals surface area contributed by atoms with E-state index in [2.05, 4.69) is 13.8 Å². The van der Waals surface area contributed by atoms with Crippen LogP contribution in [0.3, 0.4) is 0 Å². The fraction of sp³-hybridized carbons (Fsp3) is 0.875. The Hall–Kier alpha value is -0.437. The van der Waals surface area contributed by atoms with Crippen molar-refractivity contribution in [2.24, 2.45) is 11.8 Å². The Balaban J connectivity index is -0.000000295. The van der Waals surface area contributed by atoms with E-state index in [1.54, 1.807) is 0 Å². The molecule has 21 heavy (non-hydrogen) atoms. The van der Waals surface area contributed by atoms with Gasteiger partial charge in [0.1, 0.15) is 0 Å². The van der Waals surface area contributed by atoms with Gasteiger partial charge in [0.25, 0.3) is 0 Å². The number of carboxylic acid groups (broad SMARTS) is 2. The summed E-state index contributed by atoms with van der Waals surface area (Å²) in [6, 6.07) is 0. The van der Waals surface area contributed by atoms with Crippen LogP contribution in [0.2, 0.25) is 0 Å². The van der Waals surface area contributed by atoms with E-state index in [0.29, 0.717) is 0 Å². The molecule has 0 spiro atoms. The first-order chi connectivity index (χ1) is 9.44. The van der Waals surface area contributed by atoms with Gasteiger partial charge in [-0.05, 0) is 25.7 Å². The van der Waals surface area contributed by atoms with Crippen molar-refractivity contribution in [1.82, 2.24) is 0 Å². The Morgan fingerprint density at radius 1 is 0.762 bits per heavy atom. The van der Waals surface area contributed by atoms with E-state index in [1.165, 1.54) is 0 Å². The molecule has 0 heterocycles. The van der Waals surface area contributed by atoms with E-state index in [9.17, 15) is 9.59 Å². The van der Waals surface area contributed by atoms with Crippen LogP contribution in [0.5, 0.6) is 0 Å². The summed E-state index contributed by atoms with van der Waals surface area (Å²) in [5, 5.41) is 17.2. The van der Waals surface area contributed by atoms with Crippen LogP contribution < -0.4 is 0 Å². The fourth-order valence-electron chi connectivity index (χ4n) is 1.91. The van der Waals surface area contributed by atoms with Crippen molar-refractivity contribution in [3.63, 3.8) is 0 Å². The monoisotopic (exact) mass is 352 g/mol. The van der Waals surface area contributed by atoms with E-state index < -0.39 is 11.9 Å². The number of hydrogen-bond donors (Lipinski definition) is 2. The first kappa shape index (κ1) is 25.5. The van der Waals surface area contributed by atoms with Crippen molar-refractivity contribution in [2.75, 3.05) is 0 Å². The molecule has 0 radical (unpaired) electrons. The van der Waals surface area contributed by atoms with Crippen molar-refractivity contribution >= 4 is 11.9 Å². The van der Waals surface area contributed by atoms with Crippen molar-refractivity contribution in [2.45, 2.75) is 79.1 Å². The summed E-state index contributed by atoms with van der Waals surface area (Å²) in [6.45, 7) is 8.01. The van der Waals surface area contributed by atoms with Crippen molar-refractivity contribution in [3.8, 4) is 0 Å². The normalized spacial score (nSPS) is 12.4. The molecule has 0 fully saturated rings. The molecule has 0 aliphatic rings. The van der Waals surface area contributed by atoms with Gasteiger partial charge in [-0.15, -0.1) is 0 Å². The molecule has 0 aromatic rings. The number of rotatable bonds is 10. The Morgan fingerprint density at radius 3 is 1.19 bits per heavy atom. The molecular weight excluding hydrogens is 322 g/mol. The van der Waals surface area contributed by atoms with Crippen LogP contribution in [0.15, 0.2) is 0 Å². The van der Waals surface area contributed by atoms with E-state index in [-0.39, 0.29) is 31.3 Å². The molecule has 0 aromatic carbocycles. The summed E-state index contributed by atoms with van der Waals surface area (Å²) in [5.41, 5.74) is 0. The second-order valence-corrected chi connectivity index (χ2v) is 5.17. The third-order valence-electron chi connectivity index (χ3n) is 3.50. The van der Waals surface area contributed by atoms with Gasteiger partial charge in [-0.1, -0.05) is 53.4 Å². The molecule has 0 amide bonds. The minimum Gasteiger partial charge on any atom is -0.481 e. The smallest absolute Gasteiger partial charge is 0.306 e. The molecule has 0 rings (SSSR count). The van der Waals surface area contributed by atoms with Gasteiger partial charge in [-0.2, -0.15) is 0 Å². The number of aliphatic carboxylic acids is 2. The zero-order valence-corrected chi connectivity index (χ0v) is 17.2. The maximum absolute atomic E-state index is 10.4. The van der Waals surface area contributed by atoms with E-state index in [0.717, 1.165) is 51.4 Å². The molecule has 0 aromatic heterocycles. The van der Waals surface area contributed by atoms with E-state index >= 15 is 0 Å². The largest absolute Gasteiger partial charge is 0.481 e. The van der Waals surface area contributed by atoms with E-state index in [1.807, 2.05) is 13.8 Å². The Labute approximate surface area is 142 Å². The summed E-state index contributed by atoms with van der Waals surface area (Å²) in [4.78, 5) is 20.9. The van der Waals surface area contributed by atoms with Gasteiger partial charge in [-0.3, -0.25) is 9.59 Å². The molecule has 0 bridgehead atoms. The Kier molecular flexibility index (Phi) is 21.4. The number of unbranched alkanes of at least 4 members (excludes halogenated alkanes) is 2. The summed E-state index contributed by atoms with van der Waals surface area (Å²) in [7, 11) is 0. The first-order valence-corrected chi connectivity index (χ1v) is 7.89. The molecular formula is C16H32O4Zn. The van der Waals surface area contributed by atoms with Gasteiger partial charge in [-0.25, -0.2) is 0 Å². The van der Waals surface area contributed by atoms with Crippen molar-refractivity contribution in [3.05, 3.63) is 0 Å². The molecule has 0 aliphatic heterocycles. The number of hydrogen-bond acceptors (Lipinski definition) is 2. The predicted octanol–water partition coefficient (Wildman–Crippen LogP) is 4.57. The zero-order chi connectivity index (χ0) is 16.0. The average molecular weight is 354 g/mol. The fourth-order valence-corrected chi connectivity index (χ4v) is 1.91. The predicted molar refractivity (Wildman–Crippen MR) is 81.9 cm³/mol. The SMILES string of the molecule is CCCCC(CC)C(=O)O.CCCCC(CC)C(=O)O.[Zn]. The molecule has 2 unspecified atom stereocenters. The van der Waals surface area contributed by atoms with Crippen LogP contribution in [-0.2, 0) is 29.1 Å². The molecule has 0 saturated carbocycles. The summed E-state index contributed by atoms with van der Waals surface area (Å²) < 4.78 is 0. The third-order valence-corrected chi connectivity index (χ3v) is 3.50. The molecule has 0 aliphatic carbocycles. The van der Waals surface area contributed by atoms with Gasteiger partial charge in [0.2, 0.25) is 0 Å². The molecule has 2 atom stereocenters. The second kappa shape index (κ2) is 17.6. The molecule has 4 nitrogen and oxygen atoms in total. The van der Waals surface area contributed by atoms with Gasteiger partial charge in [0.15, 0.2) is 0 Å². The third kappa shape index (κ3) is 15.8. The van der Waals surface area contributed by atoms with Crippen LogP contribution in [0, 0.1) is 11.8 Å². The van der Waals surface area contributed by atoms with Gasteiger partial charge in [0.05, 0.1) is 11.8 Å². The summed E-state index contributed by atoms with van der Waals surface area (Å²) in [6.07, 6.45) is 7.43. The molecule has 5 heteroatoms. The standard InChI is InChI=1S/2C8H16O2.Zn/c2*1-3-5-6-7(4-2)8(9)10;/h2*7H,3-6H2,1-2H3,(H,9,10);. The first-order valence-electron chi connectivity index (χ1n) is 7.89. The van der Waals surface area contributed by atoms with Crippen LogP contribution in [-0.4, -0.2) is 22.2 Å². The Morgan fingerprint density at radius 2 is 1.05 bits per heavy atom. The van der Waals surface area contributed by atoms with Crippen molar-refractivity contribution in [1.29, 1.82) is 0 Å². The van der Waals surface area contributed by atoms with Crippen LogP contribution in [0.4, 0.5) is 0 Å². The average Bonchev–Trinajstić information content (AvgIpc) is 2.40. The van der Waals surface area contributed by atoms with Gasteiger partial charge in [0, 0.05) is 19.5 Å². The van der Waals surface area contributed by atoms with E-state index in [4.69, 9.17) is 10.2 Å². The van der Waals surface area contributed by atoms with Crippen LogP contribution in [0.25, 0.3) is 0 Å². The minimum absolute atomic E-state index is 0. The maximum atomic E-state index is 10.4. The van der Waals surface area contributed by atoms with Gasteiger partial charge >= 0.3 is 11.9 Å². The van der Waals surface area contributed by atoms with Crippen LogP contribution >= 0.6 is 0 Å².